The largest absolute Gasteiger partial charge is 0.494 e. The Bertz CT molecular complexity index is 970. The van der Waals surface area contributed by atoms with E-state index in [2.05, 4.69) is 20.9 Å². The molecule has 0 saturated carbocycles. The van der Waals surface area contributed by atoms with Gasteiger partial charge < -0.3 is 4.74 Å². The van der Waals surface area contributed by atoms with Crippen molar-refractivity contribution in [2.45, 2.75) is 6.88 Å². The molecule has 0 radical (unpaired) electrons. The quantitative estimate of drug-likeness (QED) is 0.661. The first-order valence-electron chi connectivity index (χ1n) is 8.68. The molecule has 3 rings (SSSR count). The van der Waals surface area contributed by atoms with Gasteiger partial charge in [-0.05, 0) is 47.1 Å². The monoisotopic (exact) mass is 349 g/mol. The molecule has 0 fully saturated rings. The van der Waals surface area contributed by atoms with Crippen molar-refractivity contribution in [3.63, 3.8) is 0 Å². The molecule has 21 heavy (non-hydrogen) atoms. The van der Waals surface area contributed by atoms with Crippen molar-refractivity contribution in [1.29, 1.82) is 0 Å². The topological polar surface area (TPSA) is 44.1 Å². The maximum Gasteiger partial charge on any atom is 0.263 e. The Hall–Kier alpha value is -2.14. The summed E-state index contributed by atoms with van der Waals surface area (Å²) in [5.74, 6) is -0.441. The van der Waals surface area contributed by atoms with Crippen LogP contribution in [0.3, 0.4) is 0 Å². The van der Waals surface area contributed by atoms with Gasteiger partial charge in [-0.3, -0.25) is 9.36 Å². The smallest absolute Gasteiger partial charge is 0.263 e. The number of benzene rings is 1. The van der Waals surface area contributed by atoms with Gasteiger partial charge in [0.05, 0.1) is 11.2 Å². The molecular formula is C16H13BrN2O2. The molecule has 5 heteroatoms. The van der Waals surface area contributed by atoms with Crippen LogP contribution in [0.15, 0.2) is 47.1 Å². The average Bonchev–Trinajstić information content (AvgIpc) is 2.92. The highest BCUT2D eigenvalue weighted by Gasteiger charge is 2.17. The van der Waals surface area contributed by atoms with Crippen molar-refractivity contribution < 1.29 is 16.4 Å². The first-order valence-corrected chi connectivity index (χ1v) is 6.82. The highest BCUT2D eigenvalue weighted by atomic mass is 79.9. The predicted molar refractivity (Wildman–Crippen MR) is 84.9 cm³/mol. The fourth-order valence-electron chi connectivity index (χ4n) is 2.10. The summed E-state index contributed by atoms with van der Waals surface area (Å²) in [6.45, 7) is -1.43. The minimum absolute atomic E-state index is 0.0140. The van der Waals surface area contributed by atoms with E-state index in [4.69, 9.17) is 11.6 Å². The lowest BCUT2D eigenvalue weighted by atomic mass is 10.2. The molecule has 0 atom stereocenters. The molecule has 1 aromatic carbocycles. The summed E-state index contributed by atoms with van der Waals surface area (Å²) in [5, 5.41) is 0.399. The zero-order valence-corrected chi connectivity index (χ0v) is 12.3. The molecule has 106 valence electrons. The molecule has 2 aromatic heterocycles. The Kier molecular flexibility index (Phi) is 2.28. The van der Waals surface area contributed by atoms with Crippen LogP contribution in [-0.2, 0) is 0 Å². The summed E-state index contributed by atoms with van der Waals surface area (Å²) >= 11 is 3.15. The lowest BCUT2D eigenvalue weighted by Crippen LogP contribution is -2.13. The summed E-state index contributed by atoms with van der Waals surface area (Å²) in [6, 6.07) is 11.3. The van der Waals surface area contributed by atoms with Gasteiger partial charge in [0.1, 0.15) is 10.3 Å². The van der Waals surface area contributed by atoms with Gasteiger partial charge in [-0.2, -0.15) is 0 Å². The van der Waals surface area contributed by atoms with Gasteiger partial charge in [0.15, 0.2) is 5.75 Å². The van der Waals surface area contributed by atoms with Gasteiger partial charge >= 0.3 is 0 Å². The number of rotatable bonds is 2. The number of aryl methyl sites for hydroxylation is 1. The average molecular weight is 350 g/mol. The van der Waals surface area contributed by atoms with E-state index in [1.807, 2.05) is 0 Å². The van der Waals surface area contributed by atoms with E-state index >= 15 is 0 Å². The van der Waals surface area contributed by atoms with Crippen molar-refractivity contribution in [3.8, 4) is 5.75 Å². The number of carbonyl (C=O) groups is 1. The third kappa shape index (κ3) is 2.34. The summed E-state index contributed by atoms with van der Waals surface area (Å²) in [4.78, 5) is 17.1. The van der Waals surface area contributed by atoms with Gasteiger partial charge in [0.25, 0.3) is 5.91 Å². The Balaban J connectivity index is 2.20. The third-order valence-electron chi connectivity index (χ3n) is 3.06. The maximum absolute atomic E-state index is 12.9. The molecule has 3 aromatic rings. The summed E-state index contributed by atoms with van der Waals surface area (Å²) < 4.78 is 43.3. The summed E-state index contributed by atoms with van der Waals surface area (Å²) in [7, 11) is -2.66. The minimum Gasteiger partial charge on any atom is -0.494 e. The van der Waals surface area contributed by atoms with Crippen LogP contribution in [-0.4, -0.2) is 22.5 Å². The van der Waals surface area contributed by atoms with Gasteiger partial charge in [-0.1, -0.05) is 18.2 Å². The van der Waals surface area contributed by atoms with Crippen molar-refractivity contribution in [3.05, 3.63) is 58.3 Å². The van der Waals surface area contributed by atoms with Gasteiger partial charge in [-0.15, -0.1) is 0 Å². The number of hydrogen-bond acceptors (Lipinski definition) is 3. The number of nitrogens with zero attached hydrogens (tertiary/aromatic N) is 2. The van der Waals surface area contributed by atoms with Gasteiger partial charge in [0, 0.05) is 19.4 Å². The number of halogens is 1. The van der Waals surface area contributed by atoms with Crippen LogP contribution in [0.2, 0.25) is 0 Å². The number of pyridine rings is 1. The van der Waals surface area contributed by atoms with E-state index in [0.717, 1.165) is 0 Å². The Labute approximate surface area is 137 Å². The first-order chi connectivity index (χ1) is 12.2. The van der Waals surface area contributed by atoms with Crippen molar-refractivity contribution in [2.24, 2.45) is 0 Å². The SMILES string of the molecule is [2H]C([2H])c1cc2cc(OC([2H])([2H])[2H])c(Br)nc2n1C(=O)c1ccccc1. The standard InChI is InChI=1S/C16H13BrN2O2/c1-10-8-12-9-13(21-2)14(17)18-15(12)19(10)16(20)11-6-4-3-5-7-11/h3-9H,1-2H3/i1D2,2D3. The number of ether oxygens (including phenoxy) is 1. The van der Waals surface area contributed by atoms with E-state index in [0.29, 0.717) is 10.9 Å². The molecule has 4 nitrogen and oxygen atoms in total. The van der Waals surface area contributed by atoms with Gasteiger partial charge in [0.2, 0.25) is 0 Å². The van der Waals surface area contributed by atoms with E-state index in [1.165, 1.54) is 16.7 Å². The Morgan fingerprint density at radius 2 is 2.14 bits per heavy atom. The van der Waals surface area contributed by atoms with Crippen LogP contribution in [0.1, 0.15) is 22.9 Å². The molecule has 0 bridgehead atoms. The van der Waals surface area contributed by atoms with Crippen molar-refractivity contribution in [1.82, 2.24) is 9.55 Å². The lowest BCUT2D eigenvalue weighted by molar-refractivity contribution is 0.0962. The zero-order chi connectivity index (χ0) is 19.1. The number of aromatic nitrogens is 2. The zero-order valence-electron chi connectivity index (χ0n) is 15.7. The van der Waals surface area contributed by atoms with Crippen molar-refractivity contribution >= 4 is 32.9 Å². The molecule has 0 unspecified atom stereocenters. The van der Waals surface area contributed by atoms with Crippen LogP contribution in [0.5, 0.6) is 5.75 Å². The molecule has 0 N–H and O–H groups in total. The highest BCUT2D eigenvalue weighted by molar-refractivity contribution is 9.10. The number of hydrogen-bond donors (Lipinski definition) is 0. The number of fused-ring (bicyclic) bond motifs is 1. The van der Waals surface area contributed by atoms with Crippen LogP contribution in [0.4, 0.5) is 0 Å². The van der Waals surface area contributed by atoms with E-state index < -0.39 is 19.8 Å². The van der Waals surface area contributed by atoms with Crippen LogP contribution in [0, 0.1) is 6.88 Å². The summed E-state index contributed by atoms with van der Waals surface area (Å²) in [5.41, 5.74) is 0.718. The van der Waals surface area contributed by atoms with Crippen LogP contribution < -0.4 is 4.74 Å². The lowest BCUT2D eigenvalue weighted by Gasteiger charge is -2.07. The maximum atomic E-state index is 12.9. The normalized spacial score (nSPS) is 15.0. The second-order valence-corrected chi connectivity index (χ2v) is 5.12. The fraction of sp³-hybridized carbons (Fsp3) is 0.125. The van der Waals surface area contributed by atoms with Gasteiger partial charge in [-0.25, -0.2) is 4.98 Å². The minimum atomic E-state index is -2.66. The van der Waals surface area contributed by atoms with E-state index in [9.17, 15) is 4.79 Å². The molecule has 0 spiro atoms. The van der Waals surface area contributed by atoms with E-state index in [1.54, 1.807) is 30.3 Å². The fourth-order valence-corrected chi connectivity index (χ4v) is 2.47. The van der Waals surface area contributed by atoms with E-state index in [-0.39, 0.29) is 21.7 Å². The number of methoxy groups -OCH3 is 1. The molecule has 0 aliphatic rings. The molecule has 0 saturated heterocycles. The summed E-state index contributed by atoms with van der Waals surface area (Å²) in [6.07, 6.45) is 0. The Morgan fingerprint density at radius 3 is 2.86 bits per heavy atom. The highest BCUT2D eigenvalue weighted by Crippen LogP contribution is 2.29. The second kappa shape index (κ2) is 5.33. The second-order valence-electron chi connectivity index (χ2n) is 4.37. The van der Waals surface area contributed by atoms with Crippen molar-refractivity contribution in [2.75, 3.05) is 7.04 Å². The van der Waals surface area contributed by atoms with Crippen LogP contribution >= 0.6 is 15.9 Å². The Morgan fingerprint density at radius 1 is 1.33 bits per heavy atom. The molecule has 2 heterocycles. The third-order valence-corrected chi connectivity index (χ3v) is 3.63. The first kappa shape index (κ1) is 9.00. The molecule has 0 aliphatic carbocycles. The van der Waals surface area contributed by atoms with Crippen LogP contribution in [0.25, 0.3) is 11.0 Å². The molecule has 0 amide bonds. The molecule has 0 aliphatic heterocycles. The molecular weight excluding hydrogens is 332 g/mol. The number of carbonyl (C=O) groups excluding carboxylic acids is 1. The predicted octanol–water partition coefficient (Wildman–Crippen LogP) is 3.80.